The highest BCUT2D eigenvalue weighted by Crippen LogP contribution is 2.24. The third-order valence-corrected chi connectivity index (χ3v) is 4.03. The number of halogens is 2. The van der Waals surface area contributed by atoms with Crippen molar-refractivity contribution in [3.05, 3.63) is 62.0 Å². The van der Waals surface area contributed by atoms with Crippen molar-refractivity contribution in [2.75, 3.05) is 5.32 Å². The zero-order valence-electron chi connectivity index (χ0n) is 11.5. The second-order valence-corrected chi connectivity index (χ2v) is 5.69. The molecule has 1 heterocycles. The van der Waals surface area contributed by atoms with Crippen LogP contribution in [0.3, 0.4) is 0 Å². The van der Waals surface area contributed by atoms with Crippen LogP contribution in [0.5, 0.6) is 0 Å². The van der Waals surface area contributed by atoms with E-state index in [0.717, 1.165) is 5.56 Å². The van der Waals surface area contributed by atoms with Crippen LogP contribution in [0.2, 0.25) is 10.0 Å². The van der Waals surface area contributed by atoms with Gasteiger partial charge in [-0.15, -0.1) is 0 Å². The third kappa shape index (κ3) is 2.73. The number of anilines is 1. The average molecular weight is 336 g/mol. The van der Waals surface area contributed by atoms with Gasteiger partial charge in [0.25, 0.3) is 5.91 Å². The molecule has 0 saturated heterocycles. The fraction of sp³-hybridized carbons (Fsp3) is 0.0667. The number of amides is 1. The average Bonchev–Trinajstić information content (AvgIpc) is 2.81. The highest BCUT2D eigenvalue weighted by atomic mass is 35.5. The van der Waals surface area contributed by atoms with E-state index in [9.17, 15) is 9.59 Å². The lowest BCUT2D eigenvalue weighted by molar-refractivity contribution is 0.102. The number of benzene rings is 2. The number of hydrogen-bond acceptors (Lipinski definition) is 2. The summed E-state index contributed by atoms with van der Waals surface area (Å²) in [4.78, 5) is 28.9. The Morgan fingerprint density at radius 2 is 1.73 bits per heavy atom. The van der Waals surface area contributed by atoms with E-state index in [1.807, 2.05) is 6.92 Å². The second kappa shape index (κ2) is 5.51. The third-order valence-electron chi connectivity index (χ3n) is 3.29. The van der Waals surface area contributed by atoms with Gasteiger partial charge in [0.1, 0.15) is 0 Å². The van der Waals surface area contributed by atoms with Gasteiger partial charge < -0.3 is 15.3 Å². The van der Waals surface area contributed by atoms with Gasteiger partial charge in [-0.2, -0.15) is 0 Å². The Bertz CT molecular complexity index is 944. The molecule has 0 bridgehead atoms. The molecule has 0 unspecified atom stereocenters. The first kappa shape index (κ1) is 14.7. The Labute approximate surface area is 135 Å². The standard InChI is InChI=1S/C15H11Cl2N3O2/c1-7-4-12-13(20-15(22)19-12)6-11(7)18-14(21)8-2-3-9(16)10(17)5-8/h2-6H,1H3,(H,18,21)(H2,19,20,22). The number of carbonyl (C=O) groups is 1. The normalized spacial score (nSPS) is 10.9. The van der Waals surface area contributed by atoms with Crippen molar-refractivity contribution in [3.8, 4) is 0 Å². The molecule has 0 atom stereocenters. The number of imidazole rings is 1. The molecule has 0 aliphatic heterocycles. The smallest absolute Gasteiger partial charge is 0.322 e. The number of aromatic amines is 2. The zero-order valence-corrected chi connectivity index (χ0v) is 13.0. The molecule has 22 heavy (non-hydrogen) atoms. The molecule has 0 aliphatic rings. The monoisotopic (exact) mass is 335 g/mol. The molecule has 0 aliphatic carbocycles. The lowest BCUT2D eigenvalue weighted by atomic mass is 10.1. The van der Waals surface area contributed by atoms with Crippen molar-refractivity contribution >= 4 is 45.8 Å². The molecular formula is C15H11Cl2N3O2. The maximum Gasteiger partial charge on any atom is 0.323 e. The van der Waals surface area contributed by atoms with Crippen LogP contribution in [-0.4, -0.2) is 15.9 Å². The highest BCUT2D eigenvalue weighted by Gasteiger charge is 2.11. The number of rotatable bonds is 2. The lowest BCUT2D eigenvalue weighted by Crippen LogP contribution is -2.12. The van der Waals surface area contributed by atoms with Gasteiger partial charge >= 0.3 is 5.69 Å². The van der Waals surface area contributed by atoms with Crippen LogP contribution in [-0.2, 0) is 0 Å². The molecule has 2 aromatic carbocycles. The Hall–Kier alpha value is -2.24. The molecule has 1 aromatic heterocycles. The topological polar surface area (TPSA) is 77.8 Å². The molecule has 3 N–H and O–H groups in total. The van der Waals surface area contributed by atoms with E-state index in [-0.39, 0.29) is 11.6 Å². The molecule has 0 saturated carbocycles. The maximum atomic E-state index is 12.3. The van der Waals surface area contributed by atoms with E-state index >= 15 is 0 Å². The summed E-state index contributed by atoms with van der Waals surface area (Å²) in [6.07, 6.45) is 0. The molecule has 3 aromatic rings. The van der Waals surface area contributed by atoms with E-state index < -0.39 is 0 Å². The van der Waals surface area contributed by atoms with Gasteiger partial charge in [0.15, 0.2) is 0 Å². The number of nitrogens with one attached hydrogen (secondary N) is 3. The van der Waals surface area contributed by atoms with Crippen molar-refractivity contribution < 1.29 is 4.79 Å². The number of aromatic nitrogens is 2. The maximum absolute atomic E-state index is 12.3. The Balaban J connectivity index is 1.94. The van der Waals surface area contributed by atoms with Gasteiger partial charge in [-0.3, -0.25) is 4.79 Å². The number of fused-ring (bicyclic) bond motifs is 1. The summed E-state index contributed by atoms with van der Waals surface area (Å²) in [5.74, 6) is -0.307. The van der Waals surface area contributed by atoms with Crippen LogP contribution in [0.25, 0.3) is 11.0 Å². The summed E-state index contributed by atoms with van der Waals surface area (Å²) in [5.41, 5.74) is 2.86. The van der Waals surface area contributed by atoms with Crippen LogP contribution in [0, 0.1) is 6.92 Å². The quantitative estimate of drug-likeness (QED) is 0.667. The molecule has 3 rings (SSSR count). The molecule has 0 spiro atoms. The number of hydrogen-bond donors (Lipinski definition) is 3. The first-order valence-corrected chi connectivity index (χ1v) is 7.18. The van der Waals surface area contributed by atoms with E-state index in [2.05, 4.69) is 15.3 Å². The Morgan fingerprint density at radius 3 is 2.41 bits per heavy atom. The molecule has 0 radical (unpaired) electrons. The lowest BCUT2D eigenvalue weighted by Gasteiger charge is -2.09. The molecule has 7 heteroatoms. The van der Waals surface area contributed by atoms with Crippen LogP contribution < -0.4 is 11.0 Å². The van der Waals surface area contributed by atoms with Crippen molar-refractivity contribution in [2.45, 2.75) is 6.92 Å². The Kier molecular flexibility index (Phi) is 3.68. The van der Waals surface area contributed by atoms with Gasteiger partial charge in [0.05, 0.1) is 21.1 Å². The predicted octanol–water partition coefficient (Wildman–Crippen LogP) is 3.72. The van der Waals surface area contributed by atoms with Crippen molar-refractivity contribution in [3.63, 3.8) is 0 Å². The van der Waals surface area contributed by atoms with E-state index in [1.165, 1.54) is 6.07 Å². The SMILES string of the molecule is Cc1cc2[nH]c(=O)[nH]c2cc1NC(=O)c1ccc(Cl)c(Cl)c1. The number of H-pyrrole nitrogens is 2. The van der Waals surface area contributed by atoms with Gasteiger partial charge in [-0.05, 0) is 42.8 Å². The first-order chi connectivity index (χ1) is 10.4. The molecule has 0 fully saturated rings. The van der Waals surface area contributed by atoms with Crippen molar-refractivity contribution in [2.24, 2.45) is 0 Å². The summed E-state index contributed by atoms with van der Waals surface area (Å²) >= 11 is 11.8. The molecular weight excluding hydrogens is 325 g/mol. The van der Waals surface area contributed by atoms with Gasteiger partial charge in [0.2, 0.25) is 0 Å². The van der Waals surface area contributed by atoms with Crippen LogP contribution in [0.4, 0.5) is 5.69 Å². The predicted molar refractivity (Wildman–Crippen MR) is 88.1 cm³/mol. The Morgan fingerprint density at radius 1 is 1.05 bits per heavy atom. The molecule has 1 amide bonds. The number of aryl methyl sites for hydroxylation is 1. The van der Waals surface area contributed by atoms with Crippen LogP contribution >= 0.6 is 23.2 Å². The summed E-state index contributed by atoms with van der Waals surface area (Å²) in [5, 5.41) is 3.50. The summed E-state index contributed by atoms with van der Waals surface area (Å²) < 4.78 is 0. The minimum atomic E-state index is -0.307. The zero-order chi connectivity index (χ0) is 15.9. The second-order valence-electron chi connectivity index (χ2n) is 4.87. The summed E-state index contributed by atoms with van der Waals surface area (Å²) in [6.45, 7) is 1.84. The largest absolute Gasteiger partial charge is 0.323 e. The fourth-order valence-corrected chi connectivity index (χ4v) is 2.46. The first-order valence-electron chi connectivity index (χ1n) is 6.43. The van der Waals surface area contributed by atoms with Crippen molar-refractivity contribution in [1.82, 2.24) is 9.97 Å². The number of carbonyl (C=O) groups excluding carboxylic acids is 1. The van der Waals surface area contributed by atoms with Gasteiger partial charge in [-0.25, -0.2) is 4.79 Å². The van der Waals surface area contributed by atoms with Gasteiger partial charge in [0, 0.05) is 11.3 Å². The van der Waals surface area contributed by atoms with Crippen LogP contribution in [0.15, 0.2) is 35.1 Å². The highest BCUT2D eigenvalue weighted by molar-refractivity contribution is 6.42. The molecule has 5 nitrogen and oxygen atoms in total. The molecule has 112 valence electrons. The minimum absolute atomic E-state index is 0.289. The van der Waals surface area contributed by atoms with E-state index in [0.29, 0.717) is 32.3 Å². The fourth-order valence-electron chi connectivity index (χ4n) is 2.16. The van der Waals surface area contributed by atoms with E-state index in [4.69, 9.17) is 23.2 Å². The summed E-state index contributed by atoms with van der Waals surface area (Å²) in [6, 6.07) is 8.16. The van der Waals surface area contributed by atoms with Crippen molar-refractivity contribution in [1.29, 1.82) is 0 Å². The van der Waals surface area contributed by atoms with E-state index in [1.54, 1.807) is 24.3 Å². The summed E-state index contributed by atoms with van der Waals surface area (Å²) in [7, 11) is 0. The van der Waals surface area contributed by atoms with Crippen LogP contribution in [0.1, 0.15) is 15.9 Å². The minimum Gasteiger partial charge on any atom is -0.322 e. The van der Waals surface area contributed by atoms with Gasteiger partial charge in [-0.1, -0.05) is 23.2 Å².